The van der Waals surface area contributed by atoms with Gasteiger partial charge in [0.05, 0.1) is 0 Å². The fourth-order valence-corrected chi connectivity index (χ4v) is 7.74. The van der Waals surface area contributed by atoms with Crippen LogP contribution in [-0.4, -0.2) is 100 Å². The molecule has 2 saturated heterocycles. The Bertz CT molecular complexity index is 2090. The van der Waals surface area contributed by atoms with Gasteiger partial charge in [-0.1, -0.05) is 56.3 Å². The number of alkyl carbamates (subject to hydrolysis) is 1. The maximum atomic E-state index is 13.8. The lowest BCUT2D eigenvalue weighted by Gasteiger charge is -2.31. The van der Waals surface area contributed by atoms with Crippen molar-refractivity contribution in [2.24, 2.45) is 5.92 Å². The molecule has 3 heterocycles. The van der Waals surface area contributed by atoms with E-state index in [-0.39, 0.29) is 29.5 Å². The molecule has 2 unspecified atom stereocenters. The molecule has 5 amide bonds. The number of hydrogen-bond acceptors (Lipinski definition) is 7. The third kappa shape index (κ3) is 9.65. The van der Waals surface area contributed by atoms with Gasteiger partial charge in [-0.2, -0.15) is 0 Å². The zero-order valence-corrected chi connectivity index (χ0v) is 33.9. The summed E-state index contributed by atoms with van der Waals surface area (Å²) in [6.07, 6.45) is 1.88. The minimum Gasteiger partial charge on any atom is -0.444 e. The standard InChI is InChI=1S/C44H55N7O6/c1-27(2)37(48-43(56)57-44(3,4)5)41(54)50-23-11-15-35(50)39(52)45-31-19-17-28(18-20-31)34-26-30-25-32(21-22-33(30)47-34)46-40(53)36-16-12-24-51(36)42(55)38(49(6)7)29-13-9-8-10-14-29/h8-10,13-14,17-22,25-27,35-38,47H,11-12,15-16,23-24H2,1-7H3,(H,45,52)(H,46,53)(H,48,56)/t35-,36-,37?,38?/m0/s1. The Morgan fingerprint density at radius 3 is 1.93 bits per heavy atom. The average Bonchev–Trinajstić information content (AvgIpc) is 3.94. The van der Waals surface area contributed by atoms with Gasteiger partial charge in [-0.3, -0.25) is 24.1 Å². The predicted octanol–water partition coefficient (Wildman–Crippen LogP) is 6.55. The highest BCUT2D eigenvalue weighted by molar-refractivity contribution is 6.01. The van der Waals surface area contributed by atoms with Crippen molar-refractivity contribution < 1.29 is 28.7 Å². The first-order valence-electron chi connectivity index (χ1n) is 19.8. The molecule has 1 aromatic heterocycles. The van der Waals surface area contributed by atoms with Crippen molar-refractivity contribution in [3.05, 3.63) is 84.4 Å². The first-order chi connectivity index (χ1) is 27.1. The van der Waals surface area contributed by atoms with Crippen LogP contribution in [0.5, 0.6) is 0 Å². The molecule has 4 atom stereocenters. The number of nitrogens with zero attached hydrogens (tertiary/aromatic N) is 3. The number of anilines is 2. The normalized spacial score (nSPS) is 18.1. The van der Waals surface area contributed by atoms with Crippen molar-refractivity contribution in [2.45, 2.75) is 90.1 Å². The molecule has 0 saturated carbocycles. The van der Waals surface area contributed by atoms with E-state index in [1.165, 1.54) is 0 Å². The Morgan fingerprint density at radius 2 is 1.35 bits per heavy atom. The van der Waals surface area contributed by atoms with E-state index in [0.717, 1.165) is 34.1 Å². The van der Waals surface area contributed by atoms with E-state index < -0.39 is 35.9 Å². The maximum Gasteiger partial charge on any atom is 0.408 e. The number of hydrogen-bond donors (Lipinski definition) is 4. The van der Waals surface area contributed by atoms with Crippen LogP contribution in [0, 0.1) is 5.92 Å². The fourth-order valence-electron chi connectivity index (χ4n) is 7.74. The van der Waals surface area contributed by atoms with E-state index in [0.29, 0.717) is 43.7 Å². The van der Waals surface area contributed by atoms with E-state index in [1.807, 2.05) is 112 Å². The Kier molecular flexibility index (Phi) is 12.4. The van der Waals surface area contributed by atoms with Crippen LogP contribution in [0.3, 0.4) is 0 Å². The number of aromatic amines is 1. The number of likely N-dealkylation sites (tertiary alicyclic amines) is 2. The molecule has 4 aromatic rings. The smallest absolute Gasteiger partial charge is 0.408 e. The SMILES string of the molecule is CC(C)C(NC(=O)OC(C)(C)C)C(=O)N1CCC[C@H]1C(=O)Nc1ccc(-c2cc3cc(NC(=O)[C@@H]4CCCN4C(=O)C(c4ccccc4)N(C)C)ccc3[nH]2)cc1. The molecule has 3 aromatic carbocycles. The molecule has 0 radical (unpaired) electrons. The van der Waals surface area contributed by atoms with Crippen molar-refractivity contribution >= 4 is 52.0 Å². The minimum atomic E-state index is -0.828. The lowest BCUT2D eigenvalue weighted by molar-refractivity contribution is -0.140. The average molecular weight is 778 g/mol. The van der Waals surface area contributed by atoms with Crippen LogP contribution >= 0.6 is 0 Å². The zero-order chi connectivity index (χ0) is 41.0. The molecule has 0 bridgehead atoms. The molecule has 302 valence electrons. The summed E-state index contributed by atoms with van der Waals surface area (Å²) in [6.45, 7) is 9.93. The fraction of sp³-hybridized carbons (Fsp3) is 0.432. The van der Waals surface area contributed by atoms with E-state index in [4.69, 9.17) is 4.74 Å². The highest BCUT2D eigenvalue weighted by atomic mass is 16.6. The highest BCUT2D eigenvalue weighted by Crippen LogP contribution is 2.30. The van der Waals surface area contributed by atoms with Gasteiger partial charge in [0.1, 0.15) is 29.8 Å². The number of nitrogens with one attached hydrogen (secondary N) is 4. The second-order valence-electron chi connectivity index (χ2n) is 16.6. The lowest BCUT2D eigenvalue weighted by Crippen LogP contribution is -2.55. The number of benzene rings is 3. The molecule has 0 aliphatic carbocycles. The molecule has 2 aliphatic rings. The van der Waals surface area contributed by atoms with Crippen LogP contribution in [0.1, 0.15) is 71.9 Å². The molecule has 2 fully saturated rings. The summed E-state index contributed by atoms with van der Waals surface area (Å²) in [5, 5.41) is 9.64. The van der Waals surface area contributed by atoms with Crippen molar-refractivity contribution in [3.63, 3.8) is 0 Å². The number of likely N-dealkylation sites (N-methyl/N-ethyl adjacent to an activating group) is 1. The number of ether oxygens (including phenoxy) is 1. The summed E-state index contributed by atoms with van der Waals surface area (Å²) in [5.74, 6) is -1.09. The van der Waals surface area contributed by atoms with Crippen LogP contribution in [-0.2, 0) is 23.9 Å². The molecule has 2 aliphatic heterocycles. The van der Waals surface area contributed by atoms with Gasteiger partial charge < -0.3 is 35.5 Å². The monoisotopic (exact) mass is 777 g/mol. The van der Waals surface area contributed by atoms with Crippen molar-refractivity contribution in [2.75, 3.05) is 37.8 Å². The van der Waals surface area contributed by atoms with Crippen molar-refractivity contribution in [1.82, 2.24) is 25.0 Å². The zero-order valence-electron chi connectivity index (χ0n) is 33.9. The summed E-state index contributed by atoms with van der Waals surface area (Å²) in [6, 6.07) is 22.2. The van der Waals surface area contributed by atoms with Crippen molar-refractivity contribution in [1.29, 1.82) is 0 Å². The molecule has 0 spiro atoms. The van der Waals surface area contributed by atoms with Gasteiger partial charge in [0.2, 0.25) is 23.6 Å². The Morgan fingerprint density at radius 1 is 0.772 bits per heavy atom. The van der Waals surface area contributed by atoms with Gasteiger partial charge in [-0.15, -0.1) is 0 Å². The molecule has 57 heavy (non-hydrogen) atoms. The molecular formula is C44H55N7O6. The van der Waals surface area contributed by atoms with E-state index in [2.05, 4.69) is 20.9 Å². The molecular weight excluding hydrogens is 723 g/mol. The number of rotatable bonds is 11. The van der Waals surface area contributed by atoms with Crippen LogP contribution < -0.4 is 16.0 Å². The number of fused-ring (bicyclic) bond motifs is 1. The third-order valence-corrected chi connectivity index (χ3v) is 10.5. The molecule has 4 N–H and O–H groups in total. The molecule has 6 rings (SSSR count). The largest absolute Gasteiger partial charge is 0.444 e. The number of H-pyrrole nitrogens is 1. The van der Waals surface area contributed by atoms with E-state index in [9.17, 15) is 24.0 Å². The van der Waals surface area contributed by atoms with E-state index >= 15 is 0 Å². The molecule has 13 nitrogen and oxygen atoms in total. The van der Waals surface area contributed by atoms with Crippen LogP contribution in [0.25, 0.3) is 22.2 Å². The molecule has 13 heteroatoms. The second-order valence-corrected chi connectivity index (χ2v) is 16.6. The third-order valence-electron chi connectivity index (χ3n) is 10.5. The predicted molar refractivity (Wildman–Crippen MR) is 221 cm³/mol. The maximum absolute atomic E-state index is 13.8. The van der Waals surface area contributed by atoms with Gasteiger partial charge in [-0.25, -0.2) is 4.79 Å². The van der Waals surface area contributed by atoms with Crippen molar-refractivity contribution in [3.8, 4) is 11.3 Å². The minimum absolute atomic E-state index is 0.0831. The topological polar surface area (TPSA) is 156 Å². The van der Waals surface area contributed by atoms with Gasteiger partial charge in [-0.05, 0) is 114 Å². The summed E-state index contributed by atoms with van der Waals surface area (Å²) >= 11 is 0. The summed E-state index contributed by atoms with van der Waals surface area (Å²) in [4.78, 5) is 75.6. The first-order valence-corrected chi connectivity index (χ1v) is 19.8. The van der Waals surface area contributed by atoms with Gasteiger partial charge >= 0.3 is 6.09 Å². The first kappa shape index (κ1) is 41.0. The Hall–Kier alpha value is -5.69. The summed E-state index contributed by atoms with van der Waals surface area (Å²) in [7, 11) is 3.75. The number of aromatic nitrogens is 1. The lowest BCUT2D eigenvalue weighted by atomic mass is 10.0. The van der Waals surface area contributed by atoms with Crippen LogP contribution in [0.15, 0.2) is 78.9 Å². The quantitative estimate of drug-likeness (QED) is 0.135. The Balaban J connectivity index is 1.08. The highest BCUT2D eigenvalue weighted by Gasteiger charge is 2.40. The van der Waals surface area contributed by atoms with Gasteiger partial charge in [0, 0.05) is 41.1 Å². The Labute approximate surface area is 334 Å². The van der Waals surface area contributed by atoms with Gasteiger partial charge in [0.25, 0.3) is 0 Å². The van der Waals surface area contributed by atoms with Crippen LogP contribution in [0.4, 0.5) is 16.2 Å². The number of carbonyl (C=O) groups excluding carboxylic acids is 5. The van der Waals surface area contributed by atoms with E-state index in [1.54, 1.807) is 30.6 Å². The van der Waals surface area contributed by atoms with Crippen LogP contribution in [0.2, 0.25) is 0 Å². The number of amides is 5. The summed E-state index contributed by atoms with van der Waals surface area (Å²) < 4.78 is 5.38. The number of carbonyl (C=O) groups is 5. The van der Waals surface area contributed by atoms with Gasteiger partial charge in [0.15, 0.2) is 0 Å². The summed E-state index contributed by atoms with van der Waals surface area (Å²) in [5.41, 5.74) is 4.07. The second kappa shape index (κ2) is 17.2.